The van der Waals surface area contributed by atoms with Crippen molar-refractivity contribution in [2.45, 2.75) is 104 Å². The minimum absolute atomic E-state index is 0.0920. The first-order valence-corrected chi connectivity index (χ1v) is 13.4. The highest BCUT2D eigenvalue weighted by Crippen LogP contribution is 2.42. The molecule has 0 amide bonds. The number of aryl methyl sites for hydroxylation is 1. The fourth-order valence-electron chi connectivity index (χ4n) is 5.32. The minimum atomic E-state index is -0.511. The van der Waals surface area contributed by atoms with E-state index in [1.54, 1.807) is 6.07 Å². The summed E-state index contributed by atoms with van der Waals surface area (Å²) in [7, 11) is 0. The first-order chi connectivity index (χ1) is 16.6. The molecule has 190 valence electrons. The molecule has 0 N–H and O–H groups in total. The van der Waals surface area contributed by atoms with Gasteiger partial charge >= 0.3 is 5.97 Å². The maximum atomic E-state index is 13.0. The summed E-state index contributed by atoms with van der Waals surface area (Å²) in [5.41, 5.74) is 3.85. The SMILES string of the molecule is CC(C)C[C@H]1CCCN1Cc1c(C2CC2)ccc(=O)n1CCc1ccc(C(=O)OC(C)(C)C)cc1. The molecule has 0 spiro atoms. The van der Waals surface area contributed by atoms with Crippen LogP contribution in [0.25, 0.3) is 0 Å². The molecular formula is C30H42N2O3. The van der Waals surface area contributed by atoms with Crippen LogP contribution in [-0.4, -0.2) is 33.6 Å². The number of rotatable bonds is 9. The number of carbonyl (C=O) groups excluding carboxylic acids is 1. The lowest BCUT2D eigenvalue weighted by Gasteiger charge is -2.28. The van der Waals surface area contributed by atoms with E-state index < -0.39 is 5.60 Å². The van der Waals surface area contributed by atoms with Gasteiger partial charge in [0.25, 0.3) is 5.56 Å². The topological polar surface area (TPSA) is 51.5 Å². The van der Waals surface area contributed by atoms with Crippen LogP contribution in [-0.2, 0) is 24.2 Å². The molecule has 2 fully saturated rings. The molecule has 0 radical (unpaired) electrons. The number of benzene rings is 1. The number of aromatic nitrogens is 1. The average Bonchev–Trinajstić information content (AvgIpc) is 3.53. The van der Waals surface area contributed by atoms with Gasteiger partial charge in [0.05, 0.1) is 5.56 Å². The Morgan fingerprint density at radius 1 is 1.06 bits per heavy atom. The van der Waals surface area contributed by atoms with Crippen LogP contribution in [0.3, 0.4) is 0 Å². The van der Waals surface area contributed by atoms with Crippen molar-refractivity contribution in [3.8, 4) is 0 Å². The summed E-state index contributed by atoms with van der Waals surface area (Å²) >= 11 is 0. The van der Waals surface area contributed by atoms with Crippen LogP contribution < -0.4 is 5.56 Å². The van der Waals surface area contributed by atoms with Crippen molar-refractivity contribution in [3.63, 3.8) is 0 Å². The van der Waals surface area contributed by atoms with Crippen LogP contribution in [0.1, 0.15) is 99.8 Å². The van der Waals surface area contributed by atoms with Crippen molar-refractivity contribution in [1.29, 1.82) is 0 Å². The zero-order chi connectivity index (χ0) is 25.2. The van der Waals surface area contributed by atoms with Gasteiger partial charge in [0.2, 0.25) is 0 Å². The summed E-state index contributed by atoms with van der Waals surface area (Å²) in [4.78, 5) is 28.0. The Bertz CT molecular complexity index is 1070. The van der Waals surface area contributed by atoms with E-state index in [1.165, 1.54) is 43.4 Å². The summed E-state index contributed by atoms with van der Waals surface area (Å²) < 4.78 is 7.50. The molecular weight excluding hydrogens is 436 g/mol. The average molecular weight is 479 g/mol. The number of ether oxygens (including phenoxy) is 1. The second-order valence-electron chi connectivity index (χ2n) is 11.8. The van der Waals surface area contributed by atoms with E-state index in [9.17, 15) is 9.59 Å². The van der Waals surface area contributed by atoms with Gasteiger partial charge < -0.3 is 9.30 Å². The number of hydrogen-bond donors (Lipinski definition) is 0. The Morgan fingerprint density at radius 3 is 2.40 bits per heavy atom. The predicted molar refractivity (Wildman–Crippen MR) is 141 cm³/mol. The molecule has 0 bridgehead atoms. The van der Waals surface area contributed by atoms with Gasteiger partial charge in [-0.05, 0) is 101 Å². The van der Waals surface area contributed by atoms with Gasteiger partial charge in [-0.3, -0.25) is 9.69 Å². The summed E-state index contributed by atoms with van der Waals surface area (Å²) in [6.45, 7) is 12.9. The van der Waals surface area contributed by atoms with Crippen LogP contribution in [0, 0.1) is 5.92 Å². The van der Waals surface area contributed by atoms with E-state index >= 15 is 0 Å². The zero-order valence-electron chi connectivity index (χ0n) is 22.2. The third-order valence-electron chi connectivity index (χ3n) is 7.16. The zero-order valence-corrected chi connectivity index (χ0v) is 22.2. The van der Waals surface area contributed by atoms with Gasteiger partial charge in [0.15, 0.2) is 0 Å². The highest BCUT2D eigenvalue weighted by atomic mass is 16.6. The molecule has 2 heterocycles. The number of hydrogen-bond acceptors (Lipinski definition) is 4. The second kappa shape index (κ2) is 10.7. The van der Waals surface area contributed by atoms with Crippen molar-refractivity contribution in [1.82, 2.24) is 9.47 Å². The predicted octanol–water partition coefficient (Wildman–Crippen LogP) is 5.93. The minimum Gasteiger partial charge on any atom is -0.456 e. The van der Waals surface area contributed by atoms with Crippen molar-refractivity contribution in [2.24, 2.45) is 5.92 Å². The Morgan fingerprint density at radius 2 is 1.77 bits per heavy atom. The molecule has 1 atom stereocenters. The van der Waals surface area contributed by atoms with Crippen LogP contribution in [0.2, 0.25) is 0 Å². The molecule has 4 rings (SSSR count). The van der Waals surface area contributed by atoms with E-state index in [-0.39, 0.29) is 11.5 Å². The summed E-state index contributed by atoms with van der Waals surface area (Å²) in [5.74, 6) is 0.988. The highest BCUT2D eigenvalue weighted by Gasteiger charge is 2.31. The number of esters is 1. The van der Waals surface area contributed by atoms with Gasteiger partial charge in [-0.15, -0.1) is 0 Å². The van der Waals surface area contributed by atoms with Crippen LogP contribution in [0.5, 0.6) is 0 Å². The Balaban J connectivity index is 1.51. The molecule has 5 heteroatoms. The van der Waals surface area contributed by atoms with Crippen molar-refractivity contribution >= 4 is 5.97 Å². The summed E-state index contributed by atoms with van der Waals surface area (Å²) in [6.07, 6.45) is 6.94. The number of carbonyl (C=O) groups is 1. The van der Waals surface area contributed by atoms with Crippen LogP contribution in [0.15, 0.2) is 41.2 Å². The molecule has 1 saturated heterocycles. The summed E-state index contributed by atoms with van der Waals surface area (Å²) in [5, 5.41) is 0. The molecule has 35 heavy (non-hydrogen) atoms. The molecule has 1 aromatic heterocycles. The van der Waals surface area contributed by atoms with E-state index in [2.05, 4.69) is 24.8 Å². The van der Waals surface area contributed by atoms with Crippen LogP contribution in [0.4, 0.5) is 0 Å². The van der Waals surface area contributed by atoms with Gasteiger partial charge in [-0.1, -0.05) is 32.0 Å². The lowest BCUT2D eigenvalue weighted by molar-refractivity contribution is 0.00695. The maximum Gasteiger partial charge on any atom is 0.338 e. The molecule has 1 aliphatic carbocycles. The maximum absolute atomic E-state index is 13.0. The smallest absolute Gasteiger partial charge is 0.338 e. The van der Waals surface area contributed by atoms with E-state index in [4.69, 9.17) is 4.74 Å². The molecule has 2 aliphatic rings. The van der Waals surface area contributed by atoms with Crippen molar-refractivity contribution < 1.29 is 9.53 Å². The van der Waals surface area contributed by atoms with E-state index in [1.807, 2.05) is 49.6 Å². The van der Waals surface area contributed by atoms with Crippen molar-refractivity contribution in [3.05, 3.63) is 69.1 Å². The highest BCUT2D eigenvalue weighted by molar-refractivity contribution is 5.89. The van der Waals surface area contributed by atoms with E-state index in [0.29, 0.717) is 30.0 Å². The third kappa shape index (κ3) is 6.84. The first-order valence-electron chi connectivity index (χ1n) is 13.4. The number of likely N-dealkylation sites (tertiary alicyclic amines) is 1. The van der Waals surface area contributed by atoms with Gasteiger partial charge in [-0.25, -0.2) is 4.79 Å². The number of pyridine rings is 1. The largest absolute Gasteiger partial charge is 0.456 e. The molecule has 1 aliphatic heterocycles. The van der Waals surface area contributed by atoms with Gasteiger partial charge in [-0.2, -0.15) is 0 Å². The standard InChI is InChI=1S/C30H42N2O3/c1-21(2)19-25-7-6-17-31(25)20-27-26(23-12-13-23)14-15-28(33)32(27)18-16-22-8-10-24(11-9-22)29(34)35-30(3,4)5/h8-11,14-15,21,23,25H,6-7,12-13,16-20H2,1-5H3/t25-/m1/s1. The molecule has 1 aromatic carbocycles. The van der Waals surface area contributed by atoms with Gasteiger partial charge in [0, 0.05) is 30.9 Å². The lowest BCUT2D eigenvalue weighted by atomic mass is 10.0. The fraction of sp³-hybridized carbons (Fsp3) is 0.600. The lowest BCUT2D eigenvalue weighted by Crippen LogP contribution is -2.34. The Hall–Kier alpha value is -2.40. The summed E-state index contributed by atoms with van der Waals surface area (Å²) in [6, 6.07) is 12.1. The molecule has 2 aromatic rings. The van der Waals surface area contributed by atoms with Crippen molar-refractivity contribution in [2.75, 3.05) is 6.54 Å². The second-order valence-corrected chi connectivity index (χ2v) is 11.8. The van der Waals surface area contributed by atoms with Gasteiger partial charge in [0.1, 0.15) is 5.60 Å². The van der Waals surface area contributed by atoms with Crippen LogP contribution >= 0.6 is 0 Å². The Kier molecular flexibility index (Phi) is 7.85. The molecule has 0 unspecified atom stereocenters. The third-order valence-corrected chi connectivity index (χ3v) is 7.16. The Labute approximate surface area is 210 Å². The fourth-order valence-corrected chi connectivity index (χ4v) is 5.32. The van der Waals surface area contributed by atoms with E-state index in [0.717, 1.165) is 25.1 Å². The molecule has 1 saturated carbocycles. The number of nitrogens with zero attached hydrogens (tertiary/aromatic N) is 2. The quantitative estimate of drug-likeness (QED) is 0.419. The normalized spacial score (nSPS) is 18.9. The first kappa shape index (κ1) is 25.7. The monoisotopic (exact) mass is 478 g/mol. The molecule has 5 nitrogen and oxygen atoms in total.